The molecule has 0 amide bonds. The van der Waals surface area contributed by atoms with E-state index in [1.165, 1.54) is 33.4 Å². The van der Waals surface area contributed by atoms with Crippen LogP contribution in [0.5, 0.6) is 0 Å². The van der Waals surface area contributed by atoms with E-state index in [1.807, 2.05) is 12.1 Å². The highest BCUT2D eigenvalue weighted by atomic mass is 14.6. The molecule has 3 aromatic carbocycles. The van der Waals surface area contributed by atoms with Gasteiger partial charge in [0, 0.05) is 22.5 Å². The number of hydrogen-bond acceptors (Lipinski definition) is 2. The molecule has 0 aromatic heterocycles. The van der Waals surface area contributed by atoms with E-state index < -0.39 is 0 Å². The molecular formula is C30H40N2. The second-order valence-corrected chi connectivity index (χ2v) is 10.2. The van der Waals surface area contributed by atoms with Crippen molar-refractivity contribution in [2.24, 2.45) is 0 Å². The average Bonchev–Trinajstić information content (AvgIpc) is 2.73. The fraction of sp³-hybridized carbons (Fsp3) is 0.400. The lowest BCUT2D eigenvalue weighted by atomic mass is 9.77. The van der Waals surface area contributed by atoms with Crippen molar-refractivity contribution in [1.29, 1.82) is 0 Å². The van der Waals surface area contributed by atoms with Crippen LogP contribution in [0, 0.1) is 0 Å². The van der Waals surface area contributed by atoms with Gasteiger partial charge in [-0.1, -0.05) is 91.8 Å². The number of nitrogens with two attached hydrogens (primary N) is 2. The van der Waals surface area contributed by atoms with Crippen molar-refractivity contribution in [3.8, 4) is 22.3 Å². The third-order valence-corrected chi connectivity index (χ3v) is 6.52. The van der Waals surface area contributed by atoms with E-state index in [4.69, 9.17) is 11.5 Å². The number of rotatable bonds is 6. The van der Waals surface area contributed by atoms with Crippen LogP contribution in [0.1, 0.15) is 101 Å². The minimum Gasteiger partial charge on any atom is -0.398 e. The predicted molar refractivity (Wildman–Crippen MR) is 142 cm³/mol. The van der Waals surface area contributed by atoms with Crippen LogP contribution in [-0.4, -0.2) is 0 Å². The second-order valence-electron chi connectivity index (χ2n) is 10.2. The number of hydrogen-bond donors (Lipinski definition) is 2. The molecule has 2 nitrogen and oxygen atoms in total. The SMILES string of the molecule is CC(C)c1cccc(C(C)C)c1-c1c(N)ccc(N)c1-c1c(C(C)C)cccc1C(C)C. The van der Waals surface area contributed by atoms with E-state index in [0.717, 1.165) is 22.5 Å². The van der Waals surface area contributed by atoms with Crippen molar-refractivity contribution in [3.63, 3.8) is 0 Å². The van der Waals surface area contributed by atoms with Crippen LogP contribution in [0.4, 0.5) is 11.4 Å². The Balaban J connectivity index is 2.57. The smallest absolute Gasteiger partial charge is 0.0401 e. The van der Waals surface area contributed by atoms with E-state index in [0.29, 0.717) is 23.7 Å². The van der Waals surface area contributed by atoms with Crippen LogP contribution in [-0.2, 0) is 0 Å². The summed E-state index contributed by atoms with van der Waals surface area (Å²) in [5.41, 5.74) is 25.1. The monoisotopic (exact) mass is 428 g/mol. The molecule has 0 aliphatic heterocycles. The fourth-order valence-electron chi connectivity index (χ4n) is 4.85. The summed E-state index contributed by atoms with van der Waals surface area (Å²) < 4.78 is 0. The maximum absolute atomic E-state index is 6.79. The highest BCUT2D eigenvalue weighted by Gasteiger charge is 2.26. The molecule has 0 bridgehead atoms. The first-order valence-corrected chi connectivity index (χ1v) is 12.0. The van der Waals surface area contributed by atoms with Crippen LogP contribution >= 0.6 is 0 Å². The molecule has 3 aromatic rings. The van der Waals surface area contributed by atoms with E-state index >= 15 is 0 Å². The molecule has 32 heavy (non-hydrogen) atoms. The Morgan fingerprint density at radius 1 is 0.406 bits per heavy atom. The third kappa shape index (κ3) is 4.28. The van der Waals surface area contributed by atoms with E-state index in [1.54, 1.807) is 0 Å². The van der Waals surface area contributed by atoms with Crippen LogP contribution < -0.4 is 11.5 Å². The minimum absolute atomic E-state index is 0.377. The largest absolute Gasteiger partial charge is 0.398 e. The Hall–Kier alpha value is -2.74. The molecular weight excluding hydrogens is 388 g/mol. The predicted octanol–water partition coefficient (Wildman–Crippen LogP) is 8.68. The maximum Gasteiger partial charge on any atom is 0.0401 e. The molecule has 0 spiro atoms. The summed E-state index contributed by atoms with van der Waals surface area (Å²) in [5.74, 6) is 1.51. The molecule has 0 saturated carbocycles. The Morgan fingerprint density at radius 3 is 0.875 bits per heavy atom. The standard InChI is InChI=1S/C30H40N2/c1-17(2)21-11-9-12-22(18(3)4)27(21)29-25(31)15-16-26(32)30(29)28-23(19(5)6)13-10-14-24(28)20(7)8/h9-20H,31-32H2,1-8H3. The molecule has 0 unspecified atom stereocenters. The summed E-state index contributed by atoms with van der Waals surface area (Å²) in [6.07, 6.45) is 0. The van der Waals surface area contributed by atoms with E-state index in [9.17, 15) is 0 Å². The highest BCUT2D eigenvalue weighted by molar-refractivity contribution is 6.00. The fourth-order valence-corrected chi connectivity index (χ4v) is 4.85. The molecule has 0 atom stereocenters. The molecule has 3 rings (SSSR count). The topological polar surface area (TPSA) is 52.0 Å². The molecule has 170 valence electrons. The average molecular weight is 429 g/mol. The lowest BCUT2D eigenvalue weighted by Crippen LogP contribution is -2.08. The Kier molecular flexibility index (Phi) is 7.03. The third-order valence-electron chi connectivity index (χ3n) is 6.52. The molecule has 0 aliphatic rings. The van der Waals surface area contributed by atoms with Crippen molar-refractivity contribution in [2.45, 2.75) is 79.1 Å². The Morgan fingerprint density at radius 2 is 0.656 bits per heavy atom. The molecule has 4 N–H and O–H groups in total. The zero-order chi connectivity index (χ0) is 23.7. The molecule has 2 heteroatoms. The van der Waals surface area contributed by atoms with Crippen molar-refractivity contribution in [3.05, 3.63) is 70.8 Å². The van der Waals surface area contributed by atoms with Gasteiger partial charge in [0.15, 0.2) is 0 Å². The van der Waals surface area contributed by atoms with Crippen molar-refractivity contribution in [2.75, 3.05) is 11.5 Å². The summed E-state index contributed by atoms with van der Waals surface area (Å²) >= 11 is 0. The summed E-state index contributed by atoms with van der Waals surface area (Å²) in [4.78, 5) is 0. The zero-order valence-electron chi connectivity index (χ0n) is 21.1. The first-order chi connectivity index (χ1) is 15.1. The molecule has 0 fully saturated rings. The van der Waals surface area contributed by atoms with Gasteiger partial charge in [0.1, 0.15) is 0 Å². The maximum atomic E-state index is 6.79. The van der Waals surface area contributed by atoms with Gasteiger partial charge in [-0.3, -0.25) is 0 Å². The Labute approximate surface area is 195 Å². The quantitative estimate of drug-likeness (QED) is 0.386. The normalized spacial score (nSPS) is 11.9. The first kappa shape index (κ1) is 23.9. The van der Waals surface area contributed by atoms with Crippen LogP contribution in [0.15, 0.2) is 48.5 Å². The summed E-state index contributed by atoms with van der Waals surface area (Å²) in [5, 5.41) is 0. The van der Waals surface area contributed by atoms with Gasteiger partial charge in [0.05, 0.1) is 0 Å². The number of anilines is 2. The molecule has 0 heterocycles. The van der Waals surface area contributed by atoms with Gasteiger partial charge in [0.2, 0.25) is 0 Å². The van der Waals surface area contributed by atoms with Gasteiger partial charge in [-0.15, -0.1) is 0 Å². The van der Waals surface area contributed by atoms with Gasteiger partial charge in [-0.25, -0.2) is 0 Å². The summed E-state index contributed by atoms with van der Waals surface area (Å²) in [6, 6.07) is 17.3. The number of benzene rings is 3. The molecule has 0 radical (unpaired) electrons. The lowest BCUT2D eigenvalue weighted by Gasteiger charge is -2.27. The Bertz CT molecular complexity index is 963. The zero-order valence-corrected chi connectivity index (χ0v) is 21.1. The van der Waals surface area contributed by atoms with Gasteiger partial charge in [-0.05, 0) is 69.2 Å². The minimum atomic E-state index is 0.377. The summed E-state index contributed by atoms with van der Waals surface area (Å²) in [6.45, 7) is 18.1. The van der Waals surface area contributed by atoms with Gasteiger partial charge in [0.25, 0.3) is 0 Å². The van der Waals surface area contributed by atoms with Crippen molar-refractivity contribution >= 4 is 11.4 Å². The highest BCUT2D eigenvalue weighted by Crippen LogP contribution is 2.49. The molecule has 0 saturated heterocycles. The molecule has 0 aliphatic carbocycles. The van der Waals surface area contributed by atoms with Crippen molar-refractivity contribution in [1.82, 2.24) is 0 Å². The van der Waals surface area contributed by atoms with E-state index in [-0.39, 0.29) is 0 Å². The first-order valence-electron chi connectivity index (χ1n) is 12.0. The number of nitrogen functional groups attached to an aromatic ring is 2. The van der Waals surface area contributed by atoms with Gasteiger partial charge in [-0.2, -0.15) is 0 Å². The van der Waals surface area contributed by atoms with Gasteiger partial charge >= 0.3 is 0 Å². The van der Waals surface area contributed by atoms with Crippen molar-refractivity contribution < 1.29 is 0 Å². The van der Waals surface area contributed by atoms with Crippen LogP contribution in [0.3, 0.4) is 0 Å². The van der Waals surface area contributed by atoms with Crippen LogP contribution in [0.2, 0.25) is 0 Å². The summed E-state index contributed by atoms with van der Waals surface area (Å²) in [7, 11) is 0. The van der Waals surface area contributed by atoms with E-state index in [2.05, 4.69) is 91.8 Å². The second kappa shape index (κ2) is 9.40. The van der Waals surface area contributed by atoms with Gasteiger partial charge < -0.3 is 11.5 Å². The lowest BCUT2D eigenvalue weighted by molar-refractivity contribution is 0.835. The van der Waals surface area contributed by atoms with Crippen LogP contribution in [0.25, 0.3) is 22.3 Å².